The molecular weight excluding hydrogens is 446 g/mol. The third kappa shape index (κ3) is 5.04. The van der Waals surface area contributed by atoms with Gasteiger partial charge >= 0.3 is 6.09 Å². The molecule has 176 valence electrons. The molecule has 0 aliphatic carbocycles. The molecule has 1 aliphatic rings. The summed E-state index contributed by atoms with van der Waals surface area (Å²) < 4.78 is 11.9. The summed E-state index contributed by atoms with van der Waals surface area (Å²) in [6, 6.07) is 9.12. The van der Waals surface area contributed by atoms with E-state index in [2.05, 4.69) is 33.9 Å². The van der Waals surface area contributed by atoms with Crippen LogP contribution in [0.2, 0.25) is 18.1 Å². The number of fused-ring (bicyclic) bond motifs is 1. The summed E-state index contributed by atoms with van der Waals surface area (Å²) in [4.78, 5) is 35.4. The Kier molecular flexibility index (Phi) is 6.57. The topological polar surface area (TPSA) is 125 Å². The minimum Gasteiger partial charge on any atom is -0.412 e. The van der Waals surface area contributed by atoms with E-state index >= 15 is 0 Å². The van der Waals surface area contributed by atoms with Gasteiger partial charge in [0.15, 0.2) is 8.32 Å². The molecule has 1 aliphatic heterocycles. The van der Waals surface area contributed by atoms with Crippen molar-refractivity contribution in [1.29, 1.82) is 0 Å². The predicted molar refractivity (Wildman–Crippen MR) is 125 cm³/mol. The van der Waals surface area contributed by atoms with Gasteiger partial charge in [0.25, 0.3) is 11.4 Å². The number of benzene rings is 2. The molecule has 2 aromatic rings. The highest BCUT2D eigenvalue weighted by molar-refractivity contribution is 6.74. The van der Waals surface area contributed by atoms with Crippen molar-refractivity contribution in [2.75, 3.05) is 11.4 Å². The Labute approximate surface area is 192 Å². The normalized spacial score (nSPS) is 13.5. The van der Waals surface area contributed by atoms with Crippen LogP contribution in [0, 0.1) is 20.2 Å². The fourth-order valence-electron chi connectivity index (χ4n) is 3.28. The summed E-state index contributed by atoms with van der Waals surface area (Å²) in [5, 5.41) is 22.7. The van der Waals surface area contributed by atoms with E-state index in [-0.39, 0.29) is 36.0 Å². The van der Waals surface area contributed by atoms with Gasteiger partial charge in [-0.1, -0.05) is 39.0 Å². The maximum atomic E-state index is 13.0. The zero-order valence-corrected chi connectivity index (χ0v) is 20.3. The quantitative estimate of drug-likeness (QED) is 0.304. The summed E-state index contributed by atoms with van der Waals surface area (Å²) in [5.41, 5.74) is 0.202. The number of nitro benzene ring substituents is 2. The monoisotopic (exact) mass is 473 g/mol. The number of nitro groups is 2. The maximum absolute atomic E-state index is 13.0. The minimum absolute atomic E-state index is 0.0133. The van der Waals surface area contributed by atoms with Crippen LogP contribution in [0.15, 0.2) is 36.4 Å². The smallest absolute Gasteiger partial charge is 0.412 e. The van der Waals surface area contributed by atoms with Crippen molar-refractivity contribution in [2.24, 2.45) is 0 Å². The number of anilines is 1. The van der Waals surface area contributed by atoms with E-state index < -0.39 is 29.9 Å². The number of para-hydroxylation sites is 1. The second-order valence-corrected chi connectivity index (χ2v) is 14.2. The minimum atomic E-state index is -2.04. The standard InChI is InChI=1S/C22H27N3O7Si/c1-22(2,3)33(4,5)31-14-16-8-6-7-9-19(16)32-21(26)23-11-10-15-12-17(24(27)28)13-18(20(15)23)25(29)30/h6-9,12-13H,10-11,14H2,1-5H3. The van der Waals surface area contributed by atoms with E-state index in [0.29, 0.717) is 16.9 Å². The lowest BCUT2D eigenvalue weighted by atomic mass is 10.1. The van der Waals surface area contributed by atoms with Crippen LogP contribution in [0.25, 0.3) is 0 Å². The average molecular weight is 474 g/mol. The molecule has 0 N–H and O–H groups in total. The predicted octanol–water partition coefficient (Wildman–Crippen LogP) is 5.59. The molecule has 0 fully saturated rings. The van der Waals surface area contributed by atoms with Crippen LogP contribution in [-0.2, 0) is 17.5 Å². The Bertz CT molecular complexity index is 1110. The molecule has 11 heteroatoms. The van der Waals surface area contributed by atoms with Gasteiger partial charge in [-0.15, -0.1) is 0 Å². The second kappa shape index (κ2) is 8.91. The van der Waals surface area contributed by atoms with E-state index in [4.69, 9.17) is 9.16 Å². The number of hydrogen-bond acceptors (Lipinski definition) is 7. The molecule has 3 rings (SSSR count). The van der Waals surface area contributed by atoms with Crippen molar-refractivity contribution in [3.8, 4) is 5.75 Å². The fourth-order valence-corrected chi connectivity index (χ4v) is 4.23. The van der Waals surface area contributed by atoms with Crippen molar-refractivity contribution < 1.29 is 23.8 Å². The molecule has 0 saturated heterocycles. The first-order chi connectivity index (χ1) is 15.3. The average Bonchev–Trinajstić information content (AvgIpc) is 3.15. The molecule has 0 unspecified atom stereocenters. The summed E-state index contributed by atoms with van der Waals surface area (Å²) in [6.07, 6.45) is -0.534. The van der Waals surface area contributed by atoms with Crippen LogP contribution in [0.3, 0.4) is 0 Å². The third-order valence-corrected chi connectivity index (χ3v) is 10.7. The van der Waals surface area contributed by atoms with E-state index in [1.54, 1.807) is 18.2 Å². The highest BCUT2D eigenvalue weighted by Gasteiger charge is 2.38. The van der Waals surface area contributed by atoms with Crippen molar-refractivity contribution in [1.82, 2.24) is 0 Å². The van der Waals surface area contributed by atoms with Gasteiger partial charge in [-0.25, -0.2) is 4.79 Å². The van der Waals surface area contributed by atoms with Crippen LogP contribution < -0.4 is 9.64 Å². The number of non-ortho nitro benzene ring substituents is 1. The van der Waals surface area contributed by atoms with Crippen molar-refractivity contribution in [2.45, 2.75) is 51.9 Å². The third-order valence-electron chi connectivity index (χ3n) is 6.22. The SMILES string of the molecule is CC(C)(C)[Si](C)(C)OCc1ccccc1OC(=O)N1CCc2cc([N+](=O)[O-])cc([N+](=O)[O-])c21. The van der Waals surface area contributed by atoms with Gasteiger partial charge in [0.05, 0.1) is 22.5 Å². The Morgan fingerprint density at radius 1 is 1.12 bits per heavy atom. The highest BCUT2D eigenvalue weighted by atomic mass is 28.4. The van der Waals surface area contributed by atoms with Crippen LogP contribution >= 0.6 is 0 Å². The largest absolute Gasteiger partial charge is 0.419 e. The Morgan fingerprint density at radius 2 is 1.79 bits per heavy atom. The summed E-state index contributed by atoms with van der Waals surface area (Å²) in [5.74, 6) is 0.305. The van der Waals surface area contributed by atoms with Crippen LogP contribution in [0.5, 0.6) is 5.75 Å². The summed E-state index contributed by atoms with van der Waals surface area (Å²) >= 11 is 0. The Hall–Kier alpha value is -3.31. The lowest BCUT2D eigenvalue weighted by Gasteiger charge is -2.36. The summed E-state index contributed by atoms with van der Waals surface area (Å²) in [6.45, 7) is 11.0. The zero-order valence-electron chi connectivity index (χ0n) is 19.3. The molecule has 2 aromatic carbocycles. The van der Waals surface area contributed by atoms with Crippen LogP contribution in [-0.4, -0.2) is 30.8 Å². The van der Waals surface area contributed by atoms with Gasteiger partial charge in [0.2, 0.25) is 0 Å². The zero-order chi connectivity index (χ0) is 24.6. The van der Waals surface area contributed by atoms with Crippen molar-refractivity contribution >= 4 is 31.5 Å². The van der Waals surface area contributed by atoms with E-state index in [9.17, 15) is 25.0 Å². The lowest BCUT2D eigenvalue weighted by Crippen LogP contribution is -2.40. The molecule has 10 nitrogen and oxygen atoms in total. The highest BCUT2D eigenvalue weighted by Crippen LogP contribution is 2.41. The number of amides is 1. The Balaban J connectivity index is 1.85. The molecular formula is C22H27N3O7Si. The second-order valence-electron chi connectivity index (χ2n) is 9.41. The molecule has 1 amide bonds. The van der Waals surface area contributed by atoms with Crippen LogP contribution in [0.4, 0.5) is 21.9 Å². The summed E-state index contributed by atoms with van der Waals surface area (Å²) in [7, 11) is -2.04. The first kappa shape index (κ1) is 24.3. The van der Waals surface area contributed by atoms with Gasteiger partial charge in [0.1, 0.15) is 11.4 Å². The number of rotatable bonds is 6. The number of hydrogen-bond donors (Lipinski definition) is 0. The first-order valence-corrected chi connectivity index (χ1v) is 13.4. The molecule has 1 heterocycles. The lowest BCUT2D eigenvalue weighted by molar-refractivity contribution is -0.393. The van der Waals surface area contributed by atoms with Gasteiger partial charge in [-0.2, -0.15) is 0 Å². The van der Waals surface area contributed by atoms with Gasteiger partial charge in [0, 0.05) is 18.2 Å². The molecule has 0 bridgehead atoms. The number of ether oxygens (including phenoxy) is 1. The van der Waals surface area contributed by atoms with Crippen molar-refractivity contribution in [3.05, 3.63) is 67.8 Å². The molecule has 0 aromatic heterocycles. The maximum Gasteiger partial charge on any atom is 0.419 e. The van der Waals surface area contributed by atoms with E-state index in [0.717, 1.165) is 11.0 Å². The van der Waals surface area contributed by atoms with E-state index in [1.807, 2.05) is 6.07 Å². The number of nitrogens with zero attached hydrogens (tertiary/aromatic N) is 3. The first-order valence-electron chi connectivity index (χ1n) is 10.5. The molecule has 0 radical (unpaired) electrons. The molecule has 0 saturated carbocycles. The van der Waals surface area contributed by atoms with E-state index in [1.165, 1.54) is 6.07 Å². The van der Waals surface area contributed by atoms with Gasteiger partial charge < -0.3 is 9.16 Å². The molecule has 0 atom stereocenters. The fraction of sp³-hybridized carbons (Fsp3) is 0.409. The number of carbonyl (C=O) groups excluding carboxylic acids is 1. The Morgan fingerprint density at radius 3 is 2.39 bits per heavy atom. The van der Waals surface area contributed by atoms with Crippen molar-refractivity contribution in [3.63, 3.8) is 0 Å². The van der Waals surface area contributed by atoms with Gasteiger partial charge in [-0.05, 0) is 36.2 Å². The molecule has 0 spiro atoms. The van der Waals surface area contributed by atoms with Gasteiger partial charge in [-0.3, -0.25) is 25.1 Å². The number of carbonyl (C=O) groups is 1. The van der Waals surface area contributed by atoms with Crippen LogP contribution in [0.1, 0.15) is 31.9 Å². The molecule has 33 heavy (non-hydrogen) atoms.